The maximum atomic E-state index is 14.7. The lowest BCUT2D eigenvalue weighted by Crippen LogP contribution is -2.61. The van der Waals surface area contributed by atoms with Crippen molar-refractivity contribution in [1.29, 1.82) is 0 Å². The SMILES string of the molecule is C=CC1CC1(NC(=O)[C@@H]1C[C@@H]2CN1C(=O)[C@H](C(C)(C)C)NC(=O)N(C)C/C=C/CCN(C)c1cnn2c(=O)c1-c1ccccc1)C(=O)NS(=O)(=O)C1CC1. The Morgan fingerprint density at radius 1 is 1.06 bits per heavy atom. The Bertz CT molecular complexity index is 2020. The fourth-order valence-electron chi connectivity index (χ4n) is 7.26. The van der Waals surface area contributed by atoms with Crippen LogP contribution >= 0.6 is 0 Å². The van der Waals surface area contributed by atoms with Crippen LogP contribution in [0.1, 0.15) is 58.9 Å². The number of sulfonamides is 1. The van der Waals surface area contributed by atoms with Gasteiger partial charge in [-0.25, -0.2) is 17.9 Å². The summed E-state index contributed by atoms with van der Waals surface area (Å²) in [5, 5.41) is 9.62. The van der Waals surface area contributed by atoms with E-state index in [1.807, 2.05) is 54.4 Å². The van der Waals surface area contributed by atoms with Crippen LogP contribution < -0.4 is 25.8 Å². The van der Waals surface area contributed by atoms with Gasteiger partial charge in [0.25, 0.3) is 11.5 Å². The molecule has 5 atom stereocenters. The van der Waals surface area contributed by atoms with Crippen molar-refractivity contribution in [2.24, 2.45) is 11.3 Å². The summed E-state index contributed by atoms with van der Waals surface area (Å²) >= 11 is 0. The van der Waals surface area contributed by atoms with Crippen LogP contribution in [0.25, 0.3) is 11.1 Å². The third-order valence-electron chi connectivity index (χ3n) is 10.8. The quantitative estimate of drug-likeness (QED) is 0.356. The Morgan fingerprint density at radius 2 is 1.76 bits per heavy atom. The third kappa shape index (κ3) is 7.66. The summed E-state index contributed by atoms with van der Waals surface area (Å²) in [6.07, 6.45) is 8.53. The van der Waals surface area contributed by atoms with Crippen LogP contribution in [-0.4, -0.2) is 108 Å². The van der Waals surface area contributed by atoms with Crippen molar-refractivity contribution in [3.8, 4) is 11.1 Å². The number of anilines is 1. The van der Waals surface area contributed by atoms with Crippen LogP contribution in [0.5, 0.6) is 0 Å². The minimum absolute atomic E-state index is 0.0423. The number of carbonyl (C=O) groups excluding carboxylic acids is 4. The van der Waals surface area contributed by atoms with Gasteiger partial charge in [0, 0.05) is 46.1 Å². The van der Waals surface area contributed by atoms with E-state index in [2.05, 4.69) is 27.0 Å². The molecule has 1 aromatic carbocycles. The van der Waals surface area contributed by atoms with E-state index in [4.69, 9.17) is 0 Å². The van der Waals surface area contributed by atoms with Gasteiger partial charge in [0.1, 0.15) is 17.6 Å². The molecule has 16 heteroatoms. The lowest BCUT2D eigenvalue weighted by molar-refractivity contribution is -0.142. The highest BCUT2D eigenvalue weighted by Crippen LogP contribution is 2.46. The van der Waals surface area contributed by atoms with Crippen molar-refractivity contribution in [2.45, 2.75) is 81.8 Å². The fourth-order valence-corrected chi connectivity index (χ4v) is 8.62. The van der Waals surface area contributed by atoms with E-state index in [0.29, 0.717) is 42.6 Å². The van der Waals surface area contributed by atoms with Gasteiger partial charge >= 0.3 is 6.03 Å². The first-order valence-electron chi connectivity index (χ1n) is 18.3. The minimum Gasteiger partial charge on any atom is -0.372 e. The number of aromatic nitrogens is 2. The maximum Gasteiger partial charge on any atom is 0.318 e. The highest BCUT2D eigenvalue weighted by molar-refractivity contribution is 7.91. The monoisotopic (exact) mass is 762 g/mol. The number of fused-ring (bicyclic) bond motifs is 11. The number of hydrogen-bond acceptors (Lipinski definition) is 9. The van der Waals surface area contributed by atoms with E-state index < -0.39 is 79.6 Å². The number of carbonyl (C=O) groups is 4. The molecule has 5 amide bonds. The fraction of sp³-hybridized carbons (Fsp3) is 0.526. The largest absolute Gasteiger partial charge is 0.372 e. The Kier molecular flexibility index (Phi) is 10.5. The van der Waals surface area contributed by atoms with Gasteiger partial charge in [0.05, 0.1) is 28.7 Å². The average Bonchev–Trinajstić information content (AvgIpc) is 4.05. The van der Waals surface area contributed by atoms with Crippen molar-refractivity contribution < 1.29 is 27.6 Å². The number of hydrogen-bond donors (Lipinski definition) is 3. The van der Waals surface area contributed by atoms with Crippen LogP contribution in [0.3, 0.4) is 0 Å². The first kappa shape index (κ1) is 38.7. The first-order valence-corrected chi connectivity index (χ1v) is 19.9. The maximum absolute atomic E-state index is 14.7. The number of rotatable bonds is 7. The third-order valence-corrected chi connectivity index (χ3v) is 12.6. The van der Waals surface area contributed by atoms with Crippen LogP contribution in [0.4, 0.5) is 10.5 Å². The molecule has 2 saturated carbocycles. The van der Waals surface area contributed by atoms with Crippen molar-refractivity contribution in [1.82, 2.24) is 34.9 Å². The van der Waals surface area contributed by atoms with Gasteiger partial charge in [-0.2, -0.15) is 5.10 Å². The minimum atomic E-state index is -3.92. The van der Waals surface area contributed by atoms with E-state index in [1.54, 1.807) is 34.0 Å². The zero-order chi connectivity index (χ0) is 39.2. The number of likely N-dealkylation sites (N-methyl/N-ethyl adjacent to an activating group) is 1. The summed E-state index contributed by atoms with van der Waals surface area (Å²) < 4.78 is 29.0. The van der Waals surface area contributed by atoms with E-state index in [-0.39, 0.29) is 25.9 Å². The molecule has 2 aliphatic carbocycles. The molecule has 3 aliphatic heterocycles. The second-order valence-corrected chi connectivity index (χ2v) is 17.9. The number of nitrogens with one attached hydrogen (secondary N) is 3. The van der Waals surface area contributed by atoms with E-state index in [0.717, 1.165) is 0 Å². The van der Waals surface area contributed by atoms with Crippen molar-refractivity contribution in [3.05, 3.63) is 71.7 Å². The molecule has 3 N–H and O–H groups in total. The summed E-state index contributed by atoms with van der Waals surface area (Å²) in [6, 6.07) is 5.68. The summed E-state index contributed by atoms with van der Waals surface area (Å²) in [5.74, 6) is -2.66. The summed E-state index contributed by atoms with van der Waals surface area (Å²) in [5.41, 5.74) is -1.09. The first-order chi connectivity index (χ1) is 25.5. The molecule has 2 unspecified atom stereocenters. The van der Waals surface area contributed by atoms with Crippen molar-refractivity contribution >= 4 is 39.5 Å². The predicted octanol–water partition coefficient (Wildman–Crippen LogP) is 2.17. The van der Waals surface area contributed by atoms with Crippen LogP contribution in [-0.2, 0) is 24.4 Å². The second-order valence-electron chi connectivity index (χ2n) is 15.9. The molecule has 4 heterocycles. The number of nitrogens with zero attached hydrogens (tertiary/aromatic N) is 5. The van der Waals surface area contributed by atoms with Gasteiger partial charge in [-0.3, -0.25) is 23.9 Å². The lowest BCUT2D eigenvalue weighted by atomic mass is 9.85. The molecule has 15 nitrogen and oxygen atoms in total. The molecular weight excluding hydrogens is 713 g/mol. The van der Waals surface area contributed by atoms with E-state index in [1.165, 1.54) is 20.6 Å². The Hall–Kier alpha value is -4.99. The van der Waals surface area contributed by atoms with Gasteiger partial charge in [-0.05, 0) is 36.7 Å². The second kappa shape index (κ2) is 14.7. The molecule has 54 heavy (non-hydrogen) atoms. The van der Waals surface area contributed by atoms with Gasteiger partial charge in [0.2, 0.25) is 21.8 Å². The van der Waals surface area contributed by atoms with E-state index in [9.17, 15) is 32.4 Å². The Balaban J connectivity index is 1.42. The highest BCUT2D eigenvalue weighted by atomic mass is 32.2. The average molecular weight is 763 g/mol. The predicted molar refractivity (Wildman–Crippen MR) is 204 cm³/mol. The molecule has 7 rings (SSSR count). The van der Waals surface area contributed by atoms with Crippen molar-refractivity contribution in [2.75, 3.05) is 38.6 Å². The summed E-state index contributed by atoms with van der Waals surface area (Å²) in [4.78, 5) is 75.4. The molecule has 2 aromatic rings. The molecule has 1 aromatic heterocycles. The number of urea groups is 1. The number of benzene rings is 1. The molecule has 1 saturated heterocycles. The normalized spacial score (nSPS) is 27.1. The van der Waals surface area contributed by atoms with E-state index >= 15 is 0 Å². The van der Waals surface area contributed by atoms with Crippen molar-refractivity contribution in [3.63, 3.8) is 0 Å². The molecule has 3 fully saturated rings. The molecule has 0 radical (unpaired) electrons. The zero-order valence-electron chi connectivity index (χ0n) is 31.4. The van der Waals surface area contributed by atoms with Gasteiger partial charge in [-0.1, -0.05) is 69.3 Å². The Morgan fingerprint density at radius 3 is 2.39 bits per heavy atom. The zero-order valence-corrected chi connectivity index (χ0v) is 32.3. The molecule has 4 bridgehead atoms. The lowest BCUT2D eigenvalue weighted by Gasteiger charge is -2.36. The molecule has 0 spiro atoms. The van der Waals surface area contributed by atoms with Crippen LogP contribution in [0, 0.1) is 11.3 Å². The smallest absolute Gasteiger partial charge is 0.318 e. The highest BCUT2D eigenvalue weighted by Gasteiger charge is 2.62. The van der Waals surface area contributed by atoms with Crippen LogP contribution in [0.15, 0.2) is 66.1 Å². The van der Waals surface area contributed by atoms with Gasteiger partial charge < -0.3 is 25.3 Å². The Labute approximate surface area is 315 Å². The molecule has 5 aliphatic rings. The van der Waals surface area contributed by atoms with Gasteiger partial charge in [-0.15, -0.1) is 6.58 Å². The number of amides is 5. The summed E-state index contributed by atoms with van der Waals surface area (Å²) in [6.45, 7) is 9.91. The van der Waals surface area contributed by atoms with Gasteiger partial charge in [0.15, 0.2) is 0 Å². The standard InChI is InChI=1S/C38H50N8O7S/c1-7-25-21-38(25,35(50)42-54(52,53)27-16-17-27)41-32(47)28-20-26-23-45(28)34(49)31(37(2,3)4)40-36(51)44(6)19-13-9-12-18-43(5)29-22-39-46(26)33(48)30(29)24-14-10-8-11-15-24/h7-11,13-15,22,25-28,31H,1,12,16-21,23H2,2-6H3,(H,40,51)(H,41,47)(H,42,50)/b13-9+/t25?,26-,28+,31-,38?/m1/s1. The molecular formula is C38H50N8O7S. The molecule has 290 valence electrons. The topological polar surface area (TPSA) is 183 Å². The summed E-state index contributed by atoms with van der Waals surface area (Å²) in [7, 11) is -0.423. The van der Waals surface area contributed by atoms with Crippen LogP contribution in [0.2, 0.25) is 0 Å².